The van der Waals surface area contributed by atoms with Crippen molar-refractivity contribution in [2.75, 3.05) is 26.9 Å². The van der Waals surface area contributed by atoms with Gasteiger partial charge in [-0.05, 0) is 43.7 Å². The predicted molar refractivity (Wildman–Crippen MR) is 127 cm³/mol. The highest BCUT2D eigenvalue weighted by atomic mass is 16.5. The van der Waals surface area contributed by atoms with Crippen LogP contribution in [0.3, 0.4) is 0 Å². The molecule has 5 heterocycles. The number of ether oxygens (including phenoxy) is 2. The topological polar surface area (TPSA) is 79.0 Å². The van der Waals surface area contributed by atoms with Crippen LogP contribution < -0.4 is 10.1 Å². The lowest BCUT2D eigenvalue weighted by molar-refractivity contribution is 0.145. The van der Waals surface area contributed by atoms with Crippen LogP contribution in [-0.2, 0) is 24.1 Å². The van der Waals surface area contributed by atoms with E-state index in [0.29, 0.717) is 37.0 Å². The molecule has 0 radical (unpaired) electrons. The minimum atomic E-state index is 0.597. The van der Waals surface area contributed by atoms with Crippen LogP contribution in [0, 0.1) is 11.8 Å². The molecule has 3 aromatic heterocycles. The van der Waals surface area contributed by atoms with Gasteiger partial charge in [-0.25, -0.2) is 9.67 Å². The maximum absolute atomic E-state index is 5.79. The summed E-state index contributed by atoms with van der Waals surface area (Å²) < 4.78 is 15.1. The molecule has 2 atom stereocenters. The Morgan fingerprint density at radius 1 is 1.21 bits per heavy atom. The maximum Gasteiger partial charge on any atom is 0.213 e. The molecule has 0 aromatic carbocycles. The molecule has 0 amide bonds. The first kappa shape index (κ1) is 22.1. The molecule has 176 valence electrons. The van der Waals surface area contributed by atoms with E-state index in [1.165, 1.54) is 24.1 Å². The molecule has 2 unspecified atom stereocenters. The van der Waals surface area contributed by atoms with Gasteiger partial charge in [0.1, 0.15) is 0 Å². The zero-order chi connectivity index (χ0) is 22.8. The first-order valence-corrected chi connectivity index (χ1v) is 12.1. The molecule has 1 fully saturated rings. The molecular weight excluding hydrogens is 416 g/mol. The van der Waals surface area contributed by atoms with E-state index < -0.39 is 0 Å². The van der Waals surface area contributed by atoms with Crippen LogP contribution in [0.4, 0.5) is 0 Å². The Labute approximate surface area is 195 Å². The van der Waals surface area contributed by atoms with Gasteiger partial charge in [0.25, 0.3) is 0 Å². The molecule has 0 bridgehead atoms. The minimum Gasteiger partial charge on any atom is -0.481 e. The van der Waals surface area contributed by atoms with Gasteiger partial charge in [-0.1, -0.05) is 13.8 Å². The van der Waals surface area contributed by atoms with Crippen molar-refractivity contribution in [1.82, 2.24) is 29.9 Å². The van der Waals surface area contributed by atoms with Crippen LogP contribution in [-0.4, -0.2) is 57.5 Å². The summed E-state index contributed by atoms with van der Waals surface area (Å²) in [6.45, 7) is 8.07. The Hall–Kier alpha value is -2.71. The number of piperidine rings is 1. The summed E-state index contributed by atoms with van der Waals surface area (Å²) in [5, 5.41) is 13.4. The molecule has 2 aliphatic heterocycles. The van der Waals surface area contributed by atoms with Gasteiger partial charge in [0.15, 0.2) is 0 Å². The van der Waals surface area contributed by atoms with E-state index in [2.05, 4.69) is 35.0 Å². The molecule has 1 N–H and O–H groups in total. The molecular formula is C25H34N6O2. The molecule has 8 heteroatoms. The highest BCUT2D eigenvalue weighted by Gasteiger charge is 2.26. The van der Waals surface area contributed by atoms with Crippen LogP contribution in [0.2, 0.25) is 0 Å². The molecule has 0 aliphatic carbocycles. The predicted octanol–water partition coefficient (Wildman–Crippen LogP) is 3.28. The van der Waals surface area contributed by atoms with Gasteiger partial charge in [0.05, 0.1) is 49.8 Å². The van der Waals surface area contributed by atoms with E-state index in [1.807, 2.05) is 29.2 Å². The number of aromatic nitrogens is 5. The highest BCUT2D eigenvalue weighted by Crippen LogP contribution is 2.30. The zero-order valence-corrected chi connectivity index (χ0v) is 19.8. The van der Waals surface area contributed by atoms with Crippen LogP contribution in [0.15, 0.2) is 30.7 Å². The zero-order valence-electron chi connectivity index (χ0n) is 19.8. The maximum atomic E-state index is 5.79. The fourth-order valence-electron chi connectivity index (χ4n) is 5.07. The normalized spacial score (nSPS) is 21.1. The van der Waals surface area contributed by atoms with E-state index in [1.54, 1.807) is 7.11 Å². The van der Waals surface area contributed by atoms with Gasteiger partial charge in [-0.3, -0.25) is 4.68 Å². The average molecular weight is 451 g/mol. The monoisotopic (exact) mass is 450 g/mol. The van der Waals surface area contributed by atoms with Crippen molar-refractivity contribution in [2.24, 2.45) is 11.8 Å². The molecule has 0 saturated carbocycles. The third-order valence-electron chi connectivity index (χ3n) is 6.95. The summed E-state index contributed by atoms with van der Waals surface area (Å²) in [6.07, 6.45) is 10.0. The van der Waals surface area contributed by atoms with E-state index in [-0.39, 0.29) is 0 Å². The first-order chi connectivity index (χ1) is 16.1. The summed E-state index contributed by atoms with van der Waals surface area (Å²) in [6, 6.07) is 4.47. The second-order valence-corrected chi connectivity index (χ2v) is 9.50. The molecule has 3 aromatic rings. The molecule has 2 aliphatic rings. The summed E-state index contributed by atoms with van der Waals surface area (Å²) in [5.74, 6) is 1.91. The molecule has 8 nitrogen and oxygen atoms in total. The highest BCUT2D eigenvalue weighted by molar-refractivity contribution is 5.64. The van der Waals surface area contributed by atoms with Gasteiger partial charge in [0, 0.05) is 42.4 Å². The van der Waals surface area contributed by atoms with Crippen molar-refractivity contribution in [3.63, 3.8) is 0 Å². The standard InChI is InChI=1S/C25H34N6O2/c1-17(2)22-12-18(6-9-26-22)15-30-16-19(13-28-30)25-21-7-10-33-11-8-23(21)31(29-25)20-4-5-24(32-3)27-14-20/h4-5,13-14,16-18,22,26H,6-12,15H2,1-3H3. The lowest BCUT2D eigenvalue weighted by atomic mass is 9.87. The number of hydrogen-bond acceptors (Lipinski definition) is 6. The number of rotatable bonds is 6. The molecule has 1 saturated heterocycles. The van der Waals surface area contributed by atoms with Crippen molar-refractivity contribution in [2.45, 2.75) is 52.1 Å². The molecule has 5 rings (SSSR count). The van der Waals surface area contributed by atoms with Gasteiger partial charge in [-0.2, -0.15) is 10.2 Å². The lowest BCUT2D eigenvalue weighted by Crippen LogP contribution is -2.42. The number of hydrogen-bond donors (Lipinski definition) is 1. The van der Waals surface area contributed by atoms with Crippen molar-refractivity contribution in [1.29, 1.82) is 0 Å². The Morgan fingerprint density at radius 3 is 2.88 bits per heavy atom. The Balaban J connectivity index is 1.42. The van der Waals surface area contributed by atoms with E-state index in [9.17, 15) is 0 Å². The number of nitrogens with one attached hydrogen (secondary N) is 1. The summed E-state index contributed by atoms with van der Waals surface area (Å²) in [5.41, 5.74) is 5.46. The van der Waals surface area contributed by atoms with Crippen LogP contribution in [0.25, 0.3) is 16.9 Å². The number of fused-ring (bicyclic) bond motifs is 1. The van der Waals surface area contributed by atoms with E-state index >= 15 is 0 Å². The SMILES string of the molecule is COc1ccc(-n2nc(-c3cnn(CC4CCNC(C(C)C)C4)c3)c3c2CCOCC3)cn1. The molecule has 33 heavy (non-hydrogen) atoms. The number of pyridine rings is 1. The Bertz CT molecular complexity index is 1070. The van der Waals surface area contributed by atoms with Gasteiger partial charge >= 0.3 is 0 Å². The second-order valence-electron chi connectivity index (χ2n) is 9.50. The Kier molecular flexibility index (Phi) is 6.46. The van der Waals surface area contributed by atoms with E-state index in [4.69, 9.17) is 19.7 Å². The number of nitrogens with zero attached hydrogens (tertiary/aromatic N) is 5. The largest absolute Gasteiger partial charge is 0.481 e. The minimum absolute atomic E-state index is 0.597. The van der Waals surface area contributed by atoms with Crippen LogP contribution in [0.5, 0.6) is 5.88 Å². The third-order valence-corrected chi connectivity index (χ3v) is 6.95. The average Bonchev–Trinajstić information content (AvgIpc) is 3.36. The van der Waals surface area contributed by atoms with Crippen molar-refractivity contribution >= 4 is 0 Å². The third kappa shape index (κ3) is 4.68. The lowest BCUT2D eigenvalue weighted by Gasteiger charge is -2.32. The van der Waals surface area contributed by atoms with Crippen LogP contribution >= 0.6 is 0 Å². The van der Waals surface area contributed by atoms with E-state index in [0.717, 1.165) is 42.9 Å². The summed E-state index contributed by atoms with van der Waals surface area (Å²) in [7, 11) is 1.63. The first-order valence-electron chi connectivity index (χ1n) is 12.1. The van der Waals surface area contributed by atoms with Crippen molar-refractivity contribution < 1.29 is 9.47 Å². The van der Waals surface area contributed by atoms with Gasteiger partial charge in [0.2, 0.25) is 5.88 Å². The van der Waals surface area contributed by atoms with Crippen LogP contribution in [0.1, 0.15) is 37.9 Å². The Morgan fingerprint density at radius 2 is 2.09 bits per heavy atom. The van der Waals surface area contributed by atoms with Gasteiger partial charge < -0.3 is 14.8 Å². The second kappa shape index (κ2) is 9.65. The summed E-state index contributed by atoms with van der Waals surface area (Å²) >= 11 is 0. The van der Waals surface area contributed by atoms with Gasteiger partial charge in [-0.15, -0.1) is 0 Å². The smallest absolute Gasteiger partial charge is 0.213 e. The fraction of sp³-hybridized carbons (Fsp3) is 0.560. The van der Waals surface area contributed by atoms with Crippen molar-refractivity contribution in [3.8, 4) is 22.8 Å². The van der Waals surface area contributed by atoms with Crippen molar-refractivity contribution in [3.05, 3.63) is 42.0 Å². The fourth-order valence-corrected chi connectivity index (χ4v) is 5.07. The quantitative estimate of drug-likeness (QED) is 0.621. The number of methoxy groups -OCH3 is 1. The summed E-state index contributed by atoms with van der Waals surface area (Å²) in [4.78, 5) is 4.38. The molecule has 0 spiro atoms.